The van der Waals surface area contributed by atoms with Crippen LogP contribution in [0.5, 0.6) is 0 Å². The molecular formula is C21H34N4O4S. The summed E-state index contributed by atoms with van der Waals surface area (Å²) in [6.07, 6.45) is 1.86. The molecule has 9 heteroatoms. The molecule has 0 spiro atoms. The van der Waals surface area contributed by atoms with Gasteiger partial charge < -0.3 is 26.2 Å². The number of rotatable bonds is 7. The van der Waals surface area contributed by atoms with Crippen LogP contribution < -0.4 is 16.0 Å². The van der Waals surface area contributed by atoms with Gasteiger partial charge in [-0.05, 0) is 30.6 Å². The smallest absolute Gasteiger partial charge is 0.220 e. The fourth-order valence-corrected chi connectivity index (χ4v) is 6.47. The summed E-state index contributed by atoms with van der Waals surface area (Å²) in [6.45, 7) is 6.29. The summed E-state index contributed by atoms with van der Waals surface area (Å²) in [5.41, 5.74) is 0.101. The number of thiazole rings is 1. The molecule has 2 amide bonds. The maximum absolute atomic E-state index is 12.8. The molecule has 3 rings (SSSR count). The number of aliphatic hydroxyl groups excluding tert-OH is 2. The highest BCUT2D eigenvalue weighted by Crippen LogP contribution is 2.62. The van der Waals surface area contributed by atoms with Gasteiger partial charge in [0, 0.05) is 49.7 Å². The van der Waals surface area contributed by atoms with Crippen LogP contribution in [0.25, 0.3) is 0 Å². The molecule has 1 heterocycles. The van der Waals surface area contributed by atoms with E-state index >= 15 is 0 Å². The molecule has 5 unspecified atom stereocenters. The first-order chi connectivity index (χ1) is 14.2. The van der Waals surface area contributed by atoms with Gasteiger partial charge in [0.1, 0.15) is 0 Å². The van der Waals surface area contributed by atoms with Gasteiger partial charge in [0.2, 0.25) is 11.8 Å². The second-order valence-corrected chi connectivity index (χ2v) is 10.2. The Labute approximate surface area is 181 Å². The molecule has 30 heavy (non-hydrogen) atoms. The molecule has 0 saturated heterocycles. The second-order valence-electron chi connectivity index (χ2n) is 9.15. The van der Waals surface area contributed by atoms with E-state index in [1.54, 1.807) is 11.3 Å². The fourth-order valence-electron chi connectivity index (χ4n) is 5.45. The van der Waals surface area contributed by atoms with Gasteiger partial charge in [0.25, 0.3) is 0 Å². The number of amides is 2. The van der Waals surface area contributed by atoms with Crippen molar-refractivity contribution in [2.75, 3.05) is 32.1 Å². The van der Waals surface area contributed by atoms with Crippen LogP contribution in [0.4, 0.5) is 5.13 Å². The molecule has 1 aromatic heterocycles. The number of carbonyl (C=O) groups is 2. The van der Waals surface area contributed by atoms with E-state index in [4.69, 9.17) is 4.98 Å². The third-order valence-corrected chi connectivity index (χ3v) is 8.43. The molecule has 0 aromatic carbocycles. The molecule has 5 atom stereocenters. The van der Waals surface area contributed by atoms with Gasteiger partial charge in [-0.1, -0.05) is 13.8 Å². The average Bonchev–Trinajstić information content (AvgIpc) is 3.13. The molecule has 5 N–H and O–H groups in total. The minimum Gasteiger partial charge on any atom is -0.396 e. The van der Waals surface area contributed by atoms with Crippen molar-refractivity contribution in [1.29, 1.82) is 0 Å². The predicted molar refractivity (Wildman–Crippen MR) is 116 cm³/mol. The van der Waals surface area contributed by atoms with E-state index in [1.165, 1.54) is 6.92 Å². The predicted octanol–water partition coefficient (Wildman–Crippen LogP) is 1.24. The molecule has 1 aromatic rings. The lowest BCUT2D eigenvalue weighted by Gasteiger charge is -2.58. The molecule has 168 valence electrons. The first kappa shape index (κ1) is 23.0. The SMILES string of the molecule is CNc1nc2c(s1)CC1C(C)(CO)C(O)CCC1(C)C2CC(=O)NCCNC(C)=O. The summed E-state index contributed by atoms with van der Waals surface area (Å²) >= 11 is 1.59. The monoisotopic (exact) mass is 438 g/mol. The first-order valence-corrected chi connectivity index (χ1v) is 11.4. The molecule has 2 aliphatic carbocycles. The Bertz CT molecular complexity index is 800. The molecule has 0 radical (unpaired) electrons. The van der Waals surface area contributed by atoms with E-state index in [1.807, 2.05) is 14.0 Å². The van der Waals surface area contributed by atoms with Crippen molar-refractivity contribution in [3.63, 3.8) is 0 Å². The molecule has 8 nitrogen and oxygen atoms in total. The Morgan fingerprint density at radius 3 is 2.60 bits per heavy atom. The topological polar surface area (TPSA) is 124 Å². The summed E-state index contributed by atoms with van der Waals surface area (Å²) in [5.74, 6) is -0.242. The summed E-state index contributed by atoms with van der Waals surface area (Å²) in [4.78, 5) is 29.7. The van der Waals surface area contributed by atoms with Gasteiger partial charge in [-0.25, -0.2) is 4.98 Å². The maximum Gasteiger partial charge on any atom is 0.220 e. The van der Waals surface area contributed by atoms with Gasteiger partial charge in [0.05, 0.1) is 18.4 Å². The quantitative estimate of drug-likeness (QED) is 0.408. The zero-order valence-corrected chi connectivity index (χ0v) is 19.1. The zero-order valence-electron chi connectivity index (χ0n) is 18.2. The lowest BCUT2D eigenvalue weighted by molar-refractivity contribution is -0.144. The molecule has 1 fully saturated rings. The lowest BCUT2D eigenvalue weighted by Crippen LogP contribution is -2.57. The average molecular weight is 439 g/mol. The number of aromatic nitrogens is 1. The number of aliphatic hydroxyl groups is 2. The Kier molecular flexibility index (Phi) is 6.74. The third-order valence-electron chi connectivity index (χ3n) is 7.32. The van der Waals surface area contributed by atoms with Gasteiger partial charge in [-0.15, -0.1) is 11.3 Å². The Morgan fingerprint density at radius 1 is 1.27 bits per heavy atom. The molecule has 2 aliphatic rings. The van der Waals surface area contributed by atoms with E-state index in [-0.39, 0.29) is 35.7 Å². The van der Waals surface area contributed by atoms with E-state index in [2.05, 4.69) is 22.9 Å². The van der Waals surface area contributed by atoms with Crippen LogP contribution in [0, 0.1) is 16.7 Å². The number of carbonyl (C=O) groups excluding carboxylic acids is 2. The summed E-state index contributed by atoms with van der Waals surface area (Å²) in [7, 11) is 1.84. The van der Waals surface area contributed by atoms with E-state index in [9.17, 15) is 19.8 Å². The number of nitrogens with zero attached hydrogens (tertiary/aromatic N) is 1. The van der Waals surface area contributed by atoms with Crippen molar-refractivity contribution in [2.45, 2.75) is 58.5 Å². The van der Waals surface area contributed by atoms with Crippen LogP contribution in [0.3, 0.4) is 0 Å². The van der Waals surface area contributed by atoms with Gasteiger partial charge in [-0.3, -0.25) is 9.59 Å². The lowest BCUT2D eigenvalue weighted by atomic mass is 9.47. The maximum atomic E-state index is 12.8. The van der Waals surface area contributed by atoms with Crippen molar-refractivity contribution in [3.8, 4) is 0 Å². The summed E-state index contributed by atoms with van der Waals surface area (Å²) < 4.78 is 0. The molecule has 0 aliphatic heterocycles. The normalized spacial score (nSPS) is 32.7. The largest absolute Gasteiger partial charge is 0.396 e. The van der Waals surface area contributed by atoms with Gasteiger partial charge in [0.15, 0.2) is 5.13 Å². The van der Waals surface area contributed by atoms with Gasteiger partial charge in [-0.2, -0.15) is 0 Å². The Morgan fingerprint density at radius 2 is 1.97 bits per heavy atom. The second kappa shape index (κ2) is 8.80. The number of fused-ring (bicyclic) bond motifs is 2. The van der Waals surface area contributed by atoms with E-state index < -0.39 is 11.5 Å². The van der Waals surface area contributed by atoms with E-state index in [0.717, 1.165) is 28.5 Å². The van der Waals surface area contributed by atoms with Crippen LogP contribution in [0.1, 0.15) is 56.5 Å². The number of anilines is 1. The Balaban J connectivity index is 1.88. The summed E-state index contributed by atoms with van der Waals surface area (Å²) in [5, 5.41) is 30.5. The van der Waals surface area contributed by atoms with Crippen molar-refractivity contribution in [2.24, 2.45) is 16.7 Å². The van der Waals surface area contributed by atoms with Crippen molar-refractivity contribution < 1.29 is 19.8 Å². The van der Waals surface area contributed by atoms with Gasteiger partial charge >= 0.3 is 0 Å². The summed E-state index contributed by atoms with van der Waals surface area (Å²) in [6, 6.07) is 0. The Hall–Kier alpha value is -1.71. The van der Waals surface area contributed by atoms with Crippen molar-refractivity contribution in [3.05, 3.63) is 10.6 Å². The highest BCUT2D eigenvalue weighted by Gasteiger charge is 2.59. The minimum absolute atomic E-state index is 0.0496. The molecule has 1 saturated carbocycles. The highest BCUT2D eigenvalue weighted by molar-refractivity contribution is 7.15. The van der Waals surface area contributed by atoms with Crippen LogP contribution in [-0.2, 0) is 16.0 Å². The fraction of sp³-hybridized carbons (Fsp3) is 0.762. The third kappa shape index (κ3) is 4.07. The van der Waals surface area contributed by atoms with Crippen LogP contribution >= 0.6 is 11.3 Å². The van der Waals surface area contributed by atoms with Crippen molar-refractivity contribution >= 4 is 28.3 Å². The van der Waals surface area contributed by atoms with Crippen molar-refractivity contribution in [1.82, 2.24) is 15.6 Å². The number of hydrogen-bond donors (Lipinski definition) is 5. The first-order valence-electron chi connectivity index (χ1n) is 10.6. The number of hydrogen-bond acceptors (Lipinski definition) is 7. The highest BCUT2D eigenvalue weighted by atomic mass is 32.1. The number of nitrogens with one attached hydrogen (secondary N) is 3. The van der Waals surface area contributed by atoms with E-state index in [0.29, 0.717) is 25.9 Å². The standard InChI is InChI=1S/C21H34N4O4S/c1-12(27)23-7-8-24-17(29)9-13-18-14(30-19(22-4)25-18)10-15-20(13,2)6-5-16(28)21(15,3)11-26/h13,15-16,26,28H,5-11H2,1-4H3,(H,22,25)(H,23,27)(H,24,29). The van der Waals surface area contributed by atoms with Crippen LogP contribution in [0.2, 0.25) is 0 Å². The molecular weight excluding hydrogens is 404 g/mol. The molecule has 0 bridgehead atoms. The van der Waals surface area contributed by atoms with Crippen LogP contribution in [-0.4, -0.2) is 59.9 Å². The minimum atomic E-state index is -0.616. The van der Waals surface area contributed by atoms with Crippen LogP contribution in [0.15, 0.2) is 0 Å². The zero-order chi connectivity index (χ0) is 22.1.